The fourth-order valence-corrected chi connectivity index (χ4v) is 4.28. The Bertz CT molecular complexity index is 1050. The molecule has 7 heteroatoms. The number of rotatable bonds is 3. The molecular weight excluding hydrogens is 352 g/mol. The number of amides is 1. The van der Waals surface area contributed by atoms with Crippen LogP contribution in [0.4, 0.5) is 17.5 Å². The van der Waals surface area contributed by atoms with Gasteiger partial charge in [-0.1, -0.05) is 12.1 Å². The molecular formula is C21H22N6O. The van der Waals surface area contributed by atoms with E-state index in [-0.39, 0.29) is 11.9 Å². The van der Waals surface area contributed by atoms with Crippen molar-refractivity contribution in [3.63, 3.8) is 0 Å². The molecule has 4 heterocycles. The van der Waals surface area contributed by atoms with E-state index in [9.17, 15) is 4.79 Å². The van der Waals surface area contributed by atoms with Gasteiger partial charge in [-0.05, 0) is 31.9 Å². The average Bonchev–Trinajstić information content (AvgIpc) is 3.16. The van der Waals surface area contributed by atoms with Crippen LogP contribution in [-0.4, -0.2) is 46.5 Å². The fourth-order valence-electron chi connectivity index (χ4n) is 4.28. The number of carbonyl (C=O) groups excluding carboxylic acids is 1. The molecule has 1 saturated heterocycles. The van der Waals surface area contributed by atoms with E-state index in [2.05, 4.69) is 20.2 Å². The summed E-state index contributed by atoms with van der Waals surface area (Å²) in [6, 6.07) is 8.25. The molecule has 1 aromatic carbocycles. The second-order valence-electron chi connectivity index (χ2n) is 7.24. The normalized spacial score (nSPS) is 18.8. The van der Waals surface area contributed by atoms with E-state index in [0.717, 1.165) is 48.2 Å². The minimum absolute atomic E-state index is 0.0447. The van der Waals surface area contributed by atoms with Gasteiger partial charge in [0.15, 0.2) is 0 Å². The summed E-state index contributed by atoms with van der Waals surface area (Å²) in [7, 11) is 0. The number of nitrogens with one attached hydrogen (secondary N) is 1. The average molecular weight is 374 g/mol. The summed E-state index contributed by atoms with van der Waals surface area (Å²) in [5.74, 6) is 1.28. The van der Waals surface area contributed by atoms with Gasteiger partial charge in [-0.3, -0.25) is 9.78 Å². The number of anilines is 3. The van der Waals surface area contributed by atoms with E-state index < -0.39 is 0 Å². The van der Waals surface area contributed by atoms with Crippen LogP contribution in [0.15, 0.2) is 42.9 Å². The molecule has 0 saturated carbocycles. The number of nitrogens with zero attached hydrogens (tertiary/aromatic N) is 5. The third-order valence-corrected chi connectivity index (χ3v) is 5.57. The summed E-state index contributed by atoms with van der Waals surface area (Å²) in [4.78, 5) is 31.0. The van der Waals surface area contributed by atoms with Crippen molar-refractivity contribution in [3.05, 3.63) is 48.4 Å². The summed E-state index contributed by atoms with van der Waals surface area (Å²) >= 11 is 0. The van der Waals surface area contributed by atoms with Gasteiger partial charge >= 0.3 is 0 Å². The number of aromatic nitrogens is 3. The summed E-state index contributed by atoms with van der Waals surface area (Å²) < 4.78 is 0. The zero-order valence-corrected chi connectivity index (χ0v) is 15.8. The van der Waals surface area contributed by atoms with Gasteiger partial charge in [-0.2, -0.15) is 4.98 Å². The topological polar surface area (TPSA) is 74.2 Å². The van der Waals surface area contributed by atoms with Crippen LogP contribution >= 0.6 is 0 Å². The van der Waals surface area contributed by atoms with Gasteiger partial charge in [-0.15, -0.1) is 0 Å². The van der Waals surface area contributed by atoms with Crippen LogP contribution in [0.5, 0.6) is 0 Å². The molecule has 1 fully saturated rings. The predicted octanol–water partition coefficient (Wildman–Crippen LogP) is 3.09. The molecule has 3 aromatic rings. The molecule has 1 N–H and O–H groups in total. The van der Waals surface area contributed by atoms with E-state index in [0.29, 0.717) is 18.1 Å². The molecule has 2 aliphatic rings. The smallest absolute Gasteiger partial charge is 0.263 e. The van der Waals surface area contributed by atoms with Crippen molar-refractivity contribution in [1.29, 1.82) is 0 Å². The maximum atomic E-state index is 13.6. The van der Waals surface area contributed by atoms with Crippen molar-refractivity contribution in [2.75, 3.05) is 34.8 Å². The van der Waals surface area contributed by atoms with Crippen molar-refractivity contribution >= 4 is 34.1 Å². The highest BCUT2D eigenvalue weighted by atomic mass is 16.2. The summed E-state index contributed by atoms with van der Waals surface area (Å²) in [6.07, 6.45) is 7.43. The zero-order valence-electron chi connectivity index (χ0n) is 15.8. The summed E-state index contributed by atoms with van der Waals surface area (Å²) in [6.45, 7) is 4.32. The van der Waals surface area contributed by atoms with Gasteiger partial charge in [-0.25, -0.2) is 4.98 Å². The van der Waals surface area contributed by atoms with Crippen molar-refractivity contribution in [1.82, 2.24) is 15.0 Å². The van der Waals surface area contributed by atoms with E-state index >= 15 is 0 Å². The third kappa shape index (κ3) is 2.66. The van der Waals surface area contributed by atoms with E-state index in [1.807, 2.05) is 42.3 Å². The van der Waals surface area contributed by atoms with E-state index in [4.69, 9.17) is 4.98 Å². The molecule has 0 aliphatic carbocycles. The molecule has 1 atom stereocenters. The fraction of sp³-hybridized carbons (Fsp3) is 0.333. The maximum absolute atomic E-state index is 13.6. The van der Waals surface area contributed by atoms with Crippen LogP contribution in [0.2, 0.25) is 0 Å². The van der Waals surface area contributed by atoms with Crippen molar-refractivity contribution < 1.29 is 4.79 Å². The molecule has 0 radical (unpaired) electrons. The van der Waals surface area contributed by atoms with Gasteiger partial charge in [0, 0.05) is 55.0 Å². The molecule has 0 spiro atoms. The molecule has 5 rings (SSSR count). The lowest BCUT2D eigenvalue weighted by Gasteiger charge is -2.27. The molecule has 0 bridgehead atoms. The number of benzene rings is 1. The number of hydrogen-bond acceptors (Lipinski definition) is 6. The minimum atomic E-state index is -0.0447. The standard InChI is InChI=1S/C21H22N6O/c1-2-23-21-24-12-17-19(25-21)26-10-4-6-15(26)13-27(20(17)28)18-7-3-5-14-11-22-9-8-16(14)18/h3,5,7-9,11-12,15H,2,4,6,10,13H2,1H3,(H,23,24,25)/t15-/m0/s1. The number of hydrogen-bond donors (Lipinski definition) is 1. The first-order valence-electron chi connectivity index (χ1n) is 9.78. The van der Waals surface area contributed by atoms with Crippen molar-refractivity contribution in [2.45, 2.75) is 25.8 Å². The molecule has 2 aromatic heterocycles. The van der Waals surface area contributed by atoms with Crippen LogP contribution in [0.1, 0.15) is 30.1 Å². The Labute approximate surface area is 163 Å². The third-order valence-electron chi connectivity index (χ3n) is 5.57. The second kappa shape index (κ2) is 6.74. The van der Waals surface area contributed by atoms with E-state index in [1.165, 1.54) is 0 Å². The number of carbonyl (C=O) groups is 1. The van der Waals surface area contributed by atoms with Crippen LogP contribution in [0.3, 0.4) is 0 Å². The van der Waals surface area contributed by atoms with E-state index in [1.54, 1.807) is 12.4 Å². The van der Waals surface area contributed by atoms with Crippen LogP contribution in [0, 0.1) is 0 Å². The Hall–Kier alpha value is -3.22. The monoisotopic (exact) mass is 374 g/mol. The molecule has 2 aliphatic heterocycles. The Morgan fingerprint density at radius 1 is 1.25 bits per heavy atom. The minimum Gasteiger partial charge on any atom is -0.354 e. The molecule has 1 amide bonds. The Morgan fingerprint density at radius 3 is 3.07 bits per heavy atom. The highest BCUT2D eigenvalue weighted by Crippen LogP contribution is 2.36. The van der Waals surface area contributed by atoms with Gasteiger partial charge in [0.2, 0.25) is 5.95 Å². The van der Waals surface area contributed by atoms with Gasteiger partial charge in [0.1, 0.15) is 11.4 Å². The summed E-state index contributed by atoms with van der Waals surface area (Å²) in [5.41, 5.74) is 1.48. The zero-order chi connectivity index (χ0) is 19.1. The Morgan fingerprint density at radius 2 is 2.18 bits per heavy atom. The Kier molecular flexibility index (Phi) is 4.07. The molecule has 28 heavy (non-hydrogen) atoms. The van der Waals surface area contributed by atoms with Crippen molar-refractivity contribution in [3.8, 4) is 0 Å². The quantitative estimate of drug-likeness (QED) is 0.759. The molecule has 7 nitrogen and oxygen atoms in total. The van der Waals surface area contributed by atoms with Crippen LogP contribution in [0.25, 0.3) is 10.8 Å². The van der Waals surface area contributed by atoms with Crippen molar-refractivity contribution in [2.24, 2.45) is 0 Å². The van der Waals surface area contributed by atoms with Gasteiger partial charge < -0.3 is 15.1 Å². The molecule has 0 unspecified atom stereocenters. The maximum Gasteiger partial charge on any atom is 0.263 e. The first-order chi connectivity index (χ1) is 13.8. The largest absolute Gasteiger partial charge is 0.354 e. The highest BCUT2D eigenvalue weighted by Gasteiger charge is 2.37. The summed E-state index contributed by atoms with van der Waals surface area (Å²) in [5, 5.41) is 5.22. The highest BCUT2D eigenvalue weighted by molar-refractivity contribution is 6.13. The van der Waals surface area contributed by atoms with Gasteiger partial charge in [0.05, 0.1) is 5.69 Å². The lowest BCUT2D eigenvalue weighted by Crippen LogP contribution is -2.39. The number of fused-ring (bicyclic) bond motifs is 4. The van der Waals surface area contributed by atoms with Crippen LogP contribution < -0.4 is 15.1 Å². The lowest BCUT2D eigenvalue weighted by atomic mass is 10.1. The van der Waals surface area contributed by atoms with Crippen LogP contribution in [-0.2, 0) is 0 Å². The number of pyridine rings is 1. The second-order valence-corrected chi connectivity index (χ2v) is 7.24. The first kappa shape index (κ1) is 16.9. The Balaban J connectivity index is 1.66. The predicted molar refractivity (Wildman–Crippen MR) is 110 cm³/mol. The van der Waals surface area contributed by atoms with Gasteiger partial charge in [0.25, 0.3) is 5.91 Å². The SMILES string of the molecule is CCNc1ncc2c(n1)N1CCC[C@H]1CN(c1cccc3cnccc13)C2=O. The lowest BCUT2D eigenvalue weighted by molar-refractivity contribution is 0.0988. The molecule has 142 valence electrons. The first-order valence-corrected chi connectivity index (χ1v) is 9.78.